The van der Waals surface area contributed by atoms with Gasteiger partial charge in [-0.25, -0.2) is 0 Å². The van der Waals surface area contributed by atoms with Crippen molar-refractivity contribution < 1.29 is 13.5 Å². The Labute approximate surface area is 92.7 Å². The molecule has 1 rings (SSSR count). The van der Waals surface area contributed by atoms with Crippen LogP contribution in [0.2, 0.25) is 0 Å². The highest BCUT2D eigenvalue weighted by molar-refractivity contribution is 7.78. The SMILES string of the molecule is CCCCOc1cccc(CS(=O)[O-])c1. The molecule has 0 fully saturated rings. The highest BCUT2D eigenvalue weighted by atomic mass is 32.2. The van der Waals surface area contributed by atoms with E-state index in [0.717, 1.165) is 24.2 Å². The van der Waals surface area contributed by atoms with Crippen molar-refractivity contribution in [2.24, 2.45) is 0 Å². The Morgan fingerprint density at radius 3 is 2.93 bits per heavy atom. The molecule has 0 aromatic heterocycles. The molecule has 0 aliphatic carbocycles. The van der Waals surface area contributed by atoms with E-state index >= 15 is 0 Å². The molecule has 0 heterocycles. The average molecular weight is 227 g/mol. The largest absolute Gasteiger partial charge is 0.772 e. The Morgan fingerprint density at radius 2 is 2.27 bits per heavy atom. The lowest BCUT2D eigenvalue weighted by molar-refractivity contribution is 0.309. The van der Waals surface area contributed by atoms with Crippen LogP contribution in [0.1, 0.15) is 25.3 Å². The molecule has 0 aliphatic rings. The van der Waals surface area contributed by atoms with Gasteiger partial charge in [-0.1, -0.05) is 36.6 Å². The zero-order chi connectivity index (χ0) is 11.1. The maximum absolute atomic E-state index is 10.5. The maximum Gasteiger partial charge on any atom is 0.119 e. The molecule has 0 saturated heterocycles. The van der Waals surface area contributed by atoms with E-state index in [4.69, 9.17) is 4.74 Å². The standard InChI is InChI=1S/C11H16O3S/c1-2-3-7-14-11-6-4-5-10(8-11)9-15(12)13/h4-6,8H,2-3,7,9H2,1H3,(H,12,13)/p-1. The van der Waals surface area contributed by atoms with E-state index in [9.17, 15) is 8.76 Å². The fourth-order valence-corrected chi connectivity index (χ4v) is 1.65. The van der Waals surface area contributed by atoms with Crippen LogP contribution in [0.4, 0.5) is 0 Å². The van der Waals surface area contributed by atoms with Crippen molar-refractivity contribution in [3.63, 3.8) is 0 Å². The third-order valence-corrected chi connectivity index (χ3v) is 2.52. The summed E-state index contributed by atoms with van der Waals surface area (Å²) >= 11 is -2.04. The summed E-state index contributed by atoms with van der Waals surface area (Å²) in [5, 5.41) is 0. The number of hydrogen-bond acceptors (Lipinski definition) is 3. The molecule has 0 saturated carbocycles. The molecule has 1 aromatic carbocycles. The van der Waals surface area contributed by atoms with Gasteiger partial charge in [0.2, 0.25) is 0 Å². The van der Waals surface area contributed by atoms with Crippen LogP contribution in [-0.2, 0) is 16.8 Å². The van der Waals surface area contributed by atoms with Gasteiger partial charge in [-0.3, -0.25) is 4.21 Å². The lowest BCUT2D eigenvalue weighted by Gasteiger charge is -2.08. The molecular weight excluding hydrogens is 212 g/mol. The zero-order valence-electron chi connectivity index (χ0n) is 8.77. The van der Waals surface area contributed by atoms with Crippen LogP contribution in [-0.4, -0.2) is 15.4 Å². The molecule has 1 aromatic rings. The molecule has 84 valence electrons. The minimum absolute atomic E-state index is 0.0466. The van der Waals surface area contributed by atoms with Crippen molar-refractivity contribution in [2.45, 2.75) is 25.5 Å². The Balaban J connectivity index is 2.53. The van der Waals surface area contributed by atoms with Gasteiger partial charge in [0.15, 0.2) is 0 Å². The molecule has 1 unspecified atom stereocenters. The van der Waals surface area contributed by atoms with Crippen molar-refractivity contribution in [3.8, 4) is 5.75 Å². The molecule has 0 aliphatic heterocycles. The van der Waals surface area contributed by atoms with Gasteiger partial charge in [0.05, 0.1) is 6.61 Å². The van der Waals surface area contributed by atoms with Gasteiger partial charge in [-0.15, -0.1) is 0 Å². The first-order valence-electron chi connectivity index (χ1n) is 5.00. The van der Waals surface area contributed by atoms with Crippen LogP contribution >= 0.6 is 0 Å². The lowest BCUT2D eigenvalue weighted by Crippen LogP contribution is -1.98. The highest BCUT2D eigenvalue weighted by Crippen LogP contribution is 2.14. The van der Waals surface area contributed by atoms with Crippen molar-refractivity contribution in [2.75, 3.05) is 6.61 Å². The topological polar surface area (TPSA) is 49.4 Å². The van der Waals surface area contributed by atoms with Gasteiger partial charge in [0.25, 0.3) is 0 Å². The van der Waals surface area contributed by atoms with Gasteiger partial charge in [-0.05, 0) is 24.1 Å². The summed E-state index contributed by atoms with van der Waals surface area (Å²) in [6.45, 7) is 2.78. The minimum Gasteiger partial charge on any atom is -0.772 e. The predicted molar refractivity (Wildman–Crippen MR) is 59.5 cm³/mol. The summed E-state index contributed by atoms with van der Waals surface area (Å²) in [5.74, 6) is 0.789. The summed E-state index contributed by atoms with van der Waals surface area (Å²) in [6, 6.07) is 7.20. The second-order valence-corrected chi connectivity index (χ2v) is 4.19. The van der Waals surface area contributed by atoms with E-state index < -0.39 is 11.1 Å². The van der Waals surface area contributed by atoms with Gasteiger partial charge in [-0.2, -0.15) is 0 Å². The highest BCUT2D eigenvalue weighted by Gasteiger charge is 1.96. The molecule has 3 nitrogen and oxygen atoms in total. The first kappa shape index (κ1) is 12.2. The predicted octanol–water partition coefficient (Wildman–Crippen LogP) is 2.24. The molecule has 0 N–H and O–H groups in total. The average Bonchev–Trinajstić information content (AvgIpc) is 2.18. The molecule has 0 bridgehead atoms. The molecular formula is C11H15O3S-. The summed E-state index contributed by atoms with van der Waals surface area (Å²) in [6.07, 6.45) is 2.10. The number of ether oxygens (including phenoxy) is 1. The zero-order valence-corrected chi connectivity index (χ0v) is 9.59. The summed E-state index contributed by atoms with van der Waals surface area (Å²) in [4.78, 5) is 0. The van der Waals surface area contributed by atoms with Gasteiger partial charge >= 0.3 is 0 Å². The molecule has 1 atom stereocenters. The first-order valence-corrected chi connectivity index (χ1v) is 6.24. The van der Waals surface area contributed by atoms with E-state index in [2.05, 4.69) is 6.92 Å². The van der Waals surface area contributed by atoms with Crippen molar-refractivity contribution >= 4 is 11.1 Å². The quantitative estimate of drug-likeness (QED) is 0.553. The van der Waals surface area contributed by atoms with Crippen LogP contribution in [0.3, 0.4) is 0 Å². The van der Waals surface area contributed by atoms with Crippen LogP contribution in [0.15, 0.2) is 24.3 Å². The van der Waals surface area contributed by atoms with E-state index in [1.807, 2.05) is 12.1 Å². The van der Waals surface area contributed by atoms with Gasteiger partial charge in [0.1, 0.15) is 5.75 Å². The molecule has 0 spiro atoms. The molecule has 15 heavy (non-hydrogen) atoms. The third-order valence-electron chi connectivity index (χ3n) is 1.95. The third kappa shape index (κ3) is 4.95. The summed E-state index contributed by atoms with van der Waals surface area (Å²) in [7, 11) is 0. The van der Waals surface area contributed by atoms with E-state index in [1.54, 1.807) is 12.1 Å². The van der Waals surface area contributed by atoms with Gasteiger partial charge in [0, 0.05) is 5.75 Å². The Kier molecular flexibility index (Phi) is 5.36. The van der Waals surface area contributed by atoms with Crippen molar-refractivity contribution in [3.05, 3.63) is 29.8 Å². The number of rotatable bonds is 6. The molecule has 4 heteroatoms. The second-order valence-electron chi connectivity index (χ2n) is 3.30. The second kappa shape index (κ2) is 6.58. The van der Waals surface area contributed by atoms with Gasteiger partial charge < -0.3 is 9.29 Å². The lowest BCUT2D eigenvalue weighted by atomic mass is 10.2. The van der Waals surface area contributed by atoms with Crippen molar-refractivity contribution in [1.29, 1.82) is 0 Å². The Bertz CT molecular complexity index is 325. The minimum atomic E-state index is -2.04. The molecule has 0 radical (unpaired) electrons. The number of benzene rings is 1. The Hall–Kier alpha value is -0.870. The van der Waals surface area contributed by atoms with Crippen molar-refractivity contribution in [1.82, 2.24) is 0 Å². The van der Waals surface area contributed by atoms with E-state index in [-0.39, 0.29) is 5.75 Å². The first-order chi connectivity index (χ1) is 7.22. The van der Waals surface area contributed by atoms with E-state index in [1.165, 1.54) is 0 Å². The fraction of sp³-hybridized carbons (Fsp3) is 0.455. The number of hydrogen-bond donors (Lipinski definition) is 0. The summed E-state index contributed by atoms with van der Waals surface area (Å²) < 4.78 is 26.5. The van der Waals surface area contributed by atoms with Crippen LogP contribution in [0.5, 0.6) is 5.75 Å². The smallest absolute Gasteiger partial charge is 0.119 e. The normalized spacial score (nSPS) is 12.4. The van der Waals surface area contributed by atoms with Crippen LogP contribution < -0.4 is 4.74 Å². The fourth-order valence-electron chi connectivity index (χ4n) is 1.20. The van der Waals surface area contributed by atoms with E-state index in [0.29, 0.717) is 6.61 Å². The monoisotopic (exact) mass is 227 g/mol. The van der Waals surface area contributed by atoms with Crippen LogP contribution in [0.25, 0.3) is 0 Å². The molecule has 0 amide bonds. The Morgan fingerprint density at radius 1 is 1.47 bits per heavy atom. The number of unbranched alkanes of at least 4 members (excludes halogenated alkanes) is 1. The summed E-state index contributed by atoms with van der Waals surface area (Å²) in [5.41, 5.74) is 0.761. The maximum atomic E-state index is 10.5. The van der Waals surface area contributed by atoms with Crippen LogP contribution in [0, 0.1) is 0 Å².